The van der Waals surface area contributed by atoms with Crippen LogP contribution in [0, 0.1) is 12.1 Å². The van der Waals surface area contributed by atoms with Crippen LogP contribution in [0.3, 0.4) is 0 Å². The summed E-state index contributed by atoms with van der Waals surface area (Å²) in [5.74, 6) is 0. The van der Waals surface area contributed by atoms with Crippen LogP contribution in [0.25, 0.3) is 21.9 Å². The van der Waals surface area contributed by atoms with E-state index in [1.54, 1.807) is 0 Å². The first-order valence-electron chi connectivity index (χ1n) is 5.32. The molecule has 0 aliphatic heterocycles. The van der Waals surface area contributed by atoms with Gasteiger partial charge < -0.3 is 0 Å². The van der Waals surface area contributed by atoms with Crippen molar-refractivity contribution >= 4 is 10.8 Å². The maximum Gasteiger partial charge on any atom is 0 e. The fourth-order valence-corrected chi connectivity index (χ4v) is 1.93. The van der Waals surface area contributed by atoms with Gasteiger partial charge in [0.1, 0.15) is 0 Å². The van der Waals surface area contributed by atoms with Crippen molar-refractivity contribution in [1.82, 2.24) is 0 Å². The van der Waals surface area contributed by atoms with E-state index in [0.29, 0.717) is 0 Å². The van der Waals surface area contributed by atoms with Crippen molar-refractivity contribution in [3.8, 4) is 11.1 Å². The van der Waals surface area contributed by atoms with Crippen molar-refractivity contribution in [2.45, 2.75) is 0 Å². The van der Waals surface area contributed by atoms with E-state index in [9.17, 15) is 0 Å². The molecule has 0 fully saturated rings. The third-order valence-corrected chi connectivity index (χ3v) is 2.70. The summed E-state index contributed by atoms with van der Waals surface area (Å²) in [6.45, 7) is 0. The van der Waals surface area contributed by atoms with E-state index in [4.69, 9.17) is 0 Å². The van der Waals surface area contributed by atoms with Crippen molar-refractivity contribution in [2.75, 3.05) is 0 Å². The molecule has 0 nitrogen and oxygen atoms in total. The summed E-state index contributed by atoms with van der Waals surface area (Å²) in [5.41, 5.74) is 2.22. The minimum atomic E-state index is 0. The van der Waals surface area contributed by atoms with Crippen molar-refractivity contribution in [3.05, 3.63) is 72.8 Å². The molecule has 0 bridgehead atoms. The predicted octanol–water partition coefficient (Wildman–Crippen LogP) is 4.10. The van der Waals surface area contributed by atoms with E-state index >= 15 is 0 Å². The molecule has 0 aliphatic rings. The maximum atomic E-state index is 3.30. The van der Waals surface area contributed by atoms with E-state index in [1.807, 2.05) is 24.3 Å². The van der Waals surface area contributed by atoms with Crippen molar-refractivity contribution in [3.63, 3.8) is 0 Å². The zero-order chi connectivity index (χ0) is 10.8. The van der Waals surface area contributed by atoms with Gasteiger partial charge in [-0.15, -0.1) is 29.0 Å². The molecule has 0 aromatic heterocycles. The molecule has 0 N–H and O–H groups in total. The molecule has 0 aliphatic carbocycles. The first-order chi connectivity index (χ1) is 7.95. The fraction of sp³-hybridized carbons (Fsp3) is 0. The number of hydrogen-bond donors (Lipinski definition) is 0. The molecule has 3 aromatic rings. The monoisotopic (exact) mass is 395 g/mol. The van der Waals surface area contributed by atoms with Crippen molar-refractivity contribution in [2.24, 2.45) is 0 Å². The van der Waals surface area contributed by atoms with E-state index in [0.717, 1.165) is 11.1 Å². The molecule has 0 spiro atoms. The first kappa shape index (κ1) is 12.0. The summed E-state index contributed by atoms with van der Waals surface area (Å²) in [6, 6.07) is 27.0. The third kappa shape index (κ3) is 2.31. The van der Waals surface area contributed by atoms with E-state index in [2.05, 4.69) is 48.5 Å². The third-order valence-electron chi connectivity index (χ3n) is 2.70. The zero-order valence-electron chi connectivity index (χ0n) is 9.11. The van der Waals surface area contributed by atoms with Crippen molar-refractivity contribution in [1.29, 1.82) is 0 Å². The molecule has 0 unspecified atom stereocenters. The summed E-state index contributed by atoms with van der Waals surface area (Å²) in [7, 11) is 0. The Labute approximate surface area is 115 Å². The Morgan fingerprint density at radius 2 is 1.53 bits per heavy atom. The Morgan fingerprint density at radius 3 is 2.35 bits per heavy atom. The van der Waals surface area contributed by atoms with Gasteiger partial charge in [-0.25, -0.2) is 11.1 Å². The number of rotatable bonds is 1. The van der Waals surface area contributed by atoms with Gasteiger partial charge in [0.25, 0.3) is 0 Å². The van der Waals surface area contributed by atoms with Gasteiger partial charge in [-0.3, -0.25) is 0 Å². The SMILES string of the molecule is [Ir].[c-]1ccccc1-c1[c-]ccc2ccccc12. The first-order valence-corrected chi connectivity index (χ1v) is 5.32. The topological polar surface area (TPSA) is 0 Å². The Morgan fingerprint density at radius 1 is 0.706 bits per heavy atom. The summed E-state index contributed by atoms with van der Waals surface area (Å²) in [5, 5.41) is 2.47. The van der Waals surface area contributed by atoms with Crippen LogP contribution in [-0.2, 0) is 20.1 Å². The largest absolute Gasteiger partial charge is 0.226 e. The second-order valence-corrected chi connectivity index (χ2v) is 3.72. The van der Waals surface area contributed by atoms with Crippen LogP contribution in [0.2, 0.25) is 0 Å². The average molecular weight is 394 g/mol. The summed E-state index contributed by atoms with van der Waals surface area (Å²) in [6.07, 6.45) is 0. The minimum Gasteiger partial charge on any atom is -0.226 e. The standard InChI is InChI=1S/C16H10.Ir/c1-2-7-13(8-3-1)16-12-6-10-14-9-4-5-11-15(14)16;/h1-7,9-11H;/q-2;. The fourth-order valence-electron chi connectivity index (χ4n) is 1.93. The van der Waals surface area contributed by atoms with Gasteiger partial charge in [-0.2, -0.15) is 36.4 Å². The number of benzene rings is 3. The van der Waals surface area contributed by atoms with Gasteiger partial charge in [0.05, 0.1) is 0 Å². The Bertz CT molecular complexity index is 609. The molecule has 1 heteroatoms. The van der Waals surface area contributed by atoms with Crippen molar-refractivity contribution < 1.29 is 20.1 Å². The average Bonchev–Trinajstić information content (AvgIpc) is 2.39. The molecule has 0 saturated heterocycles. The molecule has 17 heavy (non-hydrogen) atoms. The Balaban J connectivity index is 0.00000108. The molecular formula is C16H10Ir-2. The summed E-state index contributed by atoms with van der Waals surface area (Å²) < 4.78 is 0. The second kappa shape index (κ2) is 5.27. The molecule has 0 atom stereocenters. The van der Waals surface area contributed by atoms with Crippen LogP contribution < -0.4 is 0 Å². The van der Waals surface area contributed by atoms with Crippen LogP contribution in [0.1, 0.15) is 0 Å². The normalized spacial score (nSPS) is 9.88. The Kier molecular flexibility index (Phi) is 3.73. The van der Waals surface area contributed by atoms with Gasteiger partial charge in [0.15, 0.2) is 0 Å². The molecule has 85 valence electrons. The zero-order valence-corrected chi connectivity index (χ0v) is 11.5. The van der Waals surface area contributed by atoms with Gasteiger partial charge in [0.2, 0.25) is 0 Å². The maximum absolute atomic E-state index is 3.30. The van der Waals surface area contributed by atoms with E-state index in [-0.39, 0.29) is 20.1 Å². The number of hydrogen-bond acceptors (Lipinski definition) is 0. The summed E-state index contributed by atoms with van der Waals surface area (Å²) >= 11 is 0. The van der Waals surface area contributed by atoms with Crippen LogP contribution in [0.15, 0.2) is 60.7 Å². The van der Waals surface area contributed by atoms with Gasteiger partial charge in [0, 0.05) is 20.1 Å². The van der Waals surface area contributed by atoms with Gasteiger partial charge >= 0.3 is 0 Å². The van der Waals surface area contributed by atoms with E-state index in [1.165, 1.54) is 10.8 Å². The van der Waals surface area contributed by atoms with Crippen LogP contribution >= 0.6 is 0 Å². The second-order valence-electron chi connectivity index (χ2n) is 3.72. The molecule has 0 amide bonds. The molecule has 1 radical (unpaired) electrons. The molecule has 0 heterocycles. The van der Waals surface area contributed by atoms with Crippen LogP contribution in [-0.4, -0.2) is 0 Å². The quantitative estimate of drug-likeness (QED) is 0.545. The van der Waals surface area contributed by atoms with Gasteiger partial charge in [-0.1, -0.05) is 18.2 Å². The summed E-state index contributed by atoms with van der Waals surface area (Å²) in [4.78, 5) is 0. The smallest absolute Gasteiger partial charge is 0 e. The molecule has 0 saturated carbocycles. The number of fused-ring (bicyclic) bond motifs is 1. The minimum absolute atomic E-state index is 0. The van der Waals surface area contributed by atoms with Crippen LogP contribution in [0.4, 0.5) is 0 Å². The predicted molar refractivity (Wildman–Crippen MR) is 67.1 cm³/mol. The van der Waals surface area contributed by atoms with Crippen LogP contribution in [0.5, 0.6) is 0 Å². The van der Waals surface area contributed by atoms with E-state index < -0.39 is 0 Å². The van der Waals surface area contributed by atoms with Gasteiger partial charge in [-0.05, 0) is 0 Å². The molecular weight excluding hydrogens is 384 g/mol. The Hall–Kier alpha value is -1.43. The molecule has 3 rings (SSSR count). The molecule has 3 aromatic carbocycles.